The summed E-state index contributed by atoms with van der Waals surface area (Å²) in [4.78, 5) is 1.80. The Balaban J connectivity index is 2.52. The number of nitrogens with two attached hydrogens (primary N) is 1. The van der Waals surface area contributed by atoms with Crippen LogP contribution >= 0.6 is 0 Å². The third-order valence-corrected chi connectivity index (χ3v) is 2.28. The highest BCUT2D eigenvalue weighted by Crippen LogP contribution is 2.17. The summed E-state index contributed by atoms with van der Waals surface area (Å²) >= 11 is 0. The van der Waals surface area contributed by atoms with E-state index in [1.165, 1.54) is 0 Å². The van der Waals surface area contributed by atoms with E-state index >= 15 is 0 Å². The Bertz CT molecular complexity index is 145. The molecule has 0 aromatic rings. The highest BCUT2D eigenvalue weighted by atomic mass is 16.3. The van der Waals surface area contributed by atoms with Crippen LogP contribution in [0.3, 0.4) is 0 Å². The quantitative estimate of drug-likeness (QED) is 0.377. The summed E-state index contributed by atoms with van der Waals surface area (Å²) in [5.41, 5.74) is 5.33. The van der Waals surface area contributed by atoms with Crippen molar-refractivity contribution in [3.05, 3.63) is 0 Å². The molecule has 1 aliphatic rings. The topological polar surface area (TPSA) is 90.0 Å². The van der Waals surface area contributed by atoms with Crippen LogP contribution in [-0.2, 0) is 0 Å². The lowest BCUT2D eigenvalue weighted by Gasteiger charge is -2.22. The van der Waals surface area contributed by atoms with Crippen LogP contribution in [0.2, 0.25) is 0 Å². The Morgan fingerprint density at radius 1 is 1.42 bits per heavy atom. The molecule has 0 unspecified atom stereocenters. The predicted molar refractivity (Wildman–Crippen MR) is 43.5 cm³/mol. The Morgan fingerprint density at radius 2 is 2.08 bits per heavy atom. The average Bonchev–Trinajstić information content (AvgIpc) is 2.29. The summed E-state index contributed by atoms with van der Waals surface area (Å²) in [7, 11) is 0. The molecule has 0 aromatic heterocycles. The number of likely N-dealkylation sites (tertiary alicyclic amines) is 1. The van der Waals surface area contributed by atoms with E-state index in [2.05, 4.69) is 0 Å². The van der Waals surface area contributed by atoms with Gasteiger partial charge in [0.15, 0.2) is 0 Å². The second-order valence-corrected chi connectivity index (χ2v) is 3.09. The van der Waals surface area contributed by atoms with Gasteiger partial charge in [0.1, 0.15) is 0 Å². The molecule has 5 heteroatoms. The first-order valence-corrected chi connectivity index (χ1v) is 4.11. The summed E-state index contributed by atoms with van der Waals surface area (Å²) < 4.78 is 0. The summed E-state index contributed by atoms with van der Waals surface area (Å²) in [6.45, 7) is 1.32. The molecule has 0 saturated carbocycles. The summed E-state index contributed by atoms with van der Waals surface area (Å²) in [6.07, 6.45) is -1.60. The lowest BCUT2D eigenvalue weighted by molar-refractivity contribution is 0.0220. The van der Waals surface area contributed by atoms with Crippen LogP contribution in [0.15, 0.2) is 0 Å². The van der Waals surface area contributed by atoms with Crippen LogP contribution < -0.4 is 5.73 Å². The van der Waals surface area contributed by atoms with Gasteiger partial charge in [0, 0.05) is 19.6 Å². The fourth-order valence-electron chi connectivity index (χ4n) is 1.60. The van der Waals surface area contributed by atoms with Crippen LogP contribution in [0.25, 0.3) is 0 Å². The van der Waals surface area contributed by atoms with E-state index in [0.29, 0.717) is 19.6 Å². The first-order chi connectivity index (χ1) is 5.70. The van der Waals surface area contributed by atoms with Crippen LogP contribution in [0.5, 0.6) is 0 Å². The monoisotopic (exact) mass is 176 g/mol. The Morgan fingerprint density at radius 3 is 2.58 bits per heavy atom. The maximum absolute atomic E-state index is 9.36. The summed E-state index contributed by atoms with van der Waals surface area (Å²) in [5, 5.41) is 27.5. The second kappa shape index (κ2) is 4.15. The Hall–Kier alpha value is -0.200. The van der Waals surface area contributed by atoms with E-state index < -0.39 is 12.2 Å². The number of rotatable bonds is 3. The first-order valence-electron chi connectivity index (χ1n) is 4.11. The zero-order valence-electron chi connectivity index (χ0n) is 6.93. The Labute approximate surface area is 71.4 Å². The van der Waals surface area contributed by atoms with Gasteiger partial charge in [0.2, 0.25) is 0 Å². The van der Waals surface area contributed by atoms with Crippen molar-refractivity contribution in [1.82, 2.24) is 4.90 Å². The van der Waals surface area contributed by atoms with Gasteiger partial charge >= 0.3 is 0 Å². The molecule has 0 aromatic carbocycles. The molecule has 0 amide bonds. The van der Waals surface area contributed by atoms with Gasteiger partial charge in [-0.25, -0.2) is 0 Å². The van der Waals surface area contributed by atoms with Gasteiger partial charge in [-0.05, 0) is 0 Å². The van der Waals surface area contributed by atoms with E-state index in [1.54, 1.807) is 4.90 Å². The number of aliphatic hydroxyl groups is 3. The normalized spacial score (nSPS) is 37.5. The van der Waals surface area contributed by atoms with Crippen molar-refractivity contribution in [2.45, 2.75) is 18.2 Å². The van der Waals surface area contributed by atoms with Crippen molar-refractivity contribution in [1.29, 1.82) is 0 Å². The van der Waals surface area contributed by atoms with Gasteiger partial charge < -0.3 is 21.1 Å². The van der Waals surface area contributed by atoms with Gasteiger partial charge in [-0.2, -0.15) is 0 Å². The van der Waals surface area contributed by atoms with E-state index in [0.717, 1.165) is 0 Å². The minimum Gasteiger partial charge on any atom is -0.395 e. The predicted octanol–water partition coefficient (Wildman–Crippen LogP) is -2.66. The van der Waals surface area contributed by atoms with Gasteiger partial charge in [-0.1, -0.05) is 0 Å². The summed E-state index contributed by atoms with van der Waals surface area (Å²) in [6, 6.07) is -0.358. The maximum Gasteiger partial charge on any atom is 0.0988 e. The number of aliphatic hydroxyl groups excluding tert-OH is 3. The van der Waals surface area contributed by atoms with Gasteiger partial charge in [0.05, 0.1) is 24.9 Å². The number of hydrogen-bond donors (Lipinski definition) is 4. The van der Waals surface area contributed by atoms with Crippen molar-refractivity contribution in [2.75, 3.05) is 26.2 Å². The molecule has 0 spiro atoms. The molecule has 5 nitrogen and oxygen atoms in total. The molecular formula is C7H16N2O3. The van der Waals surface area contributed by atoms with Crippen LogP contribution in [-0.4, -0.2) is 64.7 Å². The molecule has 72 valence electrons. The Kier molecular flexibility index (Phi) is 3.42. The molecule has 1 saturated heterocycles. The molecule has 1 heterocycles. The molecule has 12 heavy (non-hydrogen) atoms. The second-order valence-electron chi connectivity index (χ2n) is 3.09. The maximum atomic E-state index is 9.36. The third-order valence-electron chi connectivity index (χ3n) is 2.28. The molecule has 3 atom stereocenters. The van der Waals surface area contributed by atoms with Crippen molar-refractivity contribution in [3.63, 3.8) is 0 Å². The smallest absolute Gasteiger partial charge is 0.0988 e. The fraction of sp³-hybridized carbons (Fsp3) is 1.00. The largest absolute Gasteiger partial charge is 0.395 e. The van der Waals surface area contributed by atoms with Gasteiger partial charge in [0.25, 0.3) is 0 Å². The van der Waals surface area contributed by atoms with E-state index in [4.69, 9.17) is 10.8 Å². The summed E-state index contributed by atoms with van der Waals surface area (Å²) in [5.74, 6) is 0. The minimum atomic E-state index is -0.846. The highest BCUT2D eigenvalue weighted by Gasteiger charge is 2.38. The molecular weight excluding hydrogens is 160 g/mol. The SMILES string of the molecule is NCCN1C[C@H](O)[C@@H](O)[C@@H]1CO. The lowest BCUT2D eigenvalue weighted by Crippen LogP contribution is -2.41. The molecule has 0 bridgehead atoms. The molecule has 5 N–H and O–H groups in total. The number of hydrogen-bond acceptors (Lipinski definition) is 5. The minimum absolute atomic E-state index is 0.141. The van der Waals surface area contributed by atoms with E-state index in [9.17, 15) is 10.2 Å². The number of nitrogens with zero attached hydrogens (tertiary/aromatic N) is 1. The van der Waals surface area contributed by atoms with E-state index in [1.807, 2.05) is 0 Å². The molecule has 0 radical (unpaired) electrons. The first kappa shape index (κ1) is 9.88. The van der Waals surface area contributed by atoms with Crippen LogP contribution in [0.1, 0.15) is 0 Å². The van der Waals surface area contributed by atoms with Crippen LogP contribution in [0, 0.1) is 0 Å². The van der Waals surface area contributed by atoms with Crippen molar-refractivity contribution in [3.8, 4) is 0 Å². The zero-order chi connectivity index (χ0) is 9.14. The van der Waals surface area contributed by atoms with E-state index in [-0.39, 0.29) is 12.6 Å². The molecule has 1 aliphatic heterocycles. The number of β-amino-alcohol motifs (C(OH)–C–C–N with tert-alkyl or cyclic N) is 1. The van der Waals surface area contributed by atoms with Gasteiger partial charge in [-0.3, -0.25) is 4.90 Å². The third kappa shape index (κ3) is 1.75. The average molecular weight is 176 g/mol. The van der Waals surface area contributed by atoms with Gasteiger partial charge in [-0.15, -0.1) is 0 Å². The van der Waals surface area contributed by atoms with Crippen LogP contribution in [0.4, 0.5) is 0 Å². The lowest BCUT2D eigenvalue weighted by atomic mass is 10.1. The van der Waals surface area contributed by atoms with Crippen molar-refractivity contribution < 1.29 is 15.3 Å². The standard InChI is InChI=1S/C7H16N2O3/c8-1-2-9-3-6(11)7(12)5(9)4-10/h5-7,10-12H,1-4,8H2/t5-,6-,7-/m0/s1. The van der Waals surface area contributed by atoms with Crippen molar-refractivity contribution >= 4 is 0 Å². The van der Waals surface area contributed by atoms with Crippen molar-refractivity contribution in [2.24, 2.45) is 5.73 Å². The fourth-order valence-corrected chi connectivity index (χ4v) is 1.60. The molecule has 1 rings (SSSR count). The molecule has 0 aliphatic carbocycles. The zero-order valence-corrected chi connectivity index (χ0v) is 6.93. The molecule has 1 fully saturated rings. The highest BCUT2D eigenvalue weighted by molar-refractivity contribution is 4.92.